The van der Waals surface area contributed by atoms with Gasteiger partial charge >= 0.3 is 5.97 Å². The second kappa shape index (κ2) is 6.10. The van der Waals surface area contributed by atoms with Gasteiger partial charge in [-0.2, -0.15) is 11.8 Å². The lowest BCUT2D eigenvalue weighted by molar-refractivity contribution is -0.141. The minimum atomic E-state index is -0.0394. The molecule has 0 radical (unpaired) electrons. The maximum atomic E-state index is 11.3. The van der Waals surface area contributed by atoms with E-state index in [2.05, 4.69) is 5.32 Å². The number of piperidine rings is 1. The Hall–Kier alpha value is -0.220. The molecule has 4 heteroatoms. The molecule has 1 unspecified atom stereocenters. The molecule has 1 N–H and O–H groups in total. The Labute approximate surface area is 108 Å². The highest BCUT2D eigenvalue weighted by molar-refractivity contribution is 7.99. The van der Waals surface area contributed by atoms with E-state index >= 15 is 0 Å². The van der Waals surface area contributed by atoms with Crippen LogP contribution in [0.15, 0.2) is 0 Å². The zero-order chi connectivity index (χ0) is 12.1. The smallest absolute Gasteiger partial charge is 0.306 e. The molecule has 1 atom stereocenters. The Morgan fingerprint density at radius 3 is 2.94 bits per heavy atom. The highest BCUT2D eigenvalue weighted by Crippen LogP contribution is 2.51. The van der Waals surface area contributed by atoms with E-state index in [-0.39, 0.29) is 5.97 Å². The highest BCUT2D eigenvalue weighted by atomic mass is 32.2. The molecule has 0 aromatic carbocycles. The summed E-state index contributed by atoms with van der Waals surface area (Å²) in [6.45, 7) is 2.37. The Morgan fingerprint density at radius 2 is 2.35 bits per heavy atom. The molecule has 1 aliphatic carbocycles. The number of thioether (sulfide) groups is 1. The summed E-state index contributed by atoms with van der Waals surface area (Å²) in [5, 5.41) is 3.45. The van der Waals surface area contributed by atoms with Gasteiger partial charge in [-0.3, -0.25) is 4.79 Å². The predicted molar refractivity (Wildman–Crippen MR) is 71.2 cm³/mol. The van der Waals surface area contributed by atoms with E-state index in [1.54, 1.807) is 0 Å². The number of nitrogens with one attached hydrogen (secondary N) is 1. The predicted octanol–water partition coefficient (Wildman–Crippen LogP) is 2.06. The van der Waals surface area contributed by atoms with Crippen molar-refractivity contribution in [1.29, 1.82) is 0 Å². The third kappa shape index (κ3) is 4.18. The summed E-state index contributed by atoms with van der Waals surface area (Å²) in [6, 6.07) is 0. The van der Waals surface area contributed by atoms with E-state index in [0.29, 0.717) is 11.8 Å². The maximum absolute atomic E-state index is 11.3. The largest absolute Gasteiger partial charge is 0.469 e. The number of esters is 1. The topological polar surface area (TPSA) is 38.3 Å². The molecule has 0 bridgehead atoms. The van der Waals surface area contributed by atoms with E-state index in [1.807, 2.05) is 11.8 Å². The van der Waals surface area contributed by atoms with Gasteiger partial charge in [-0.1, -0.05) is 0 Å². The van der Waals surface area contributed by atoms with Crippen molar-refractivity contribution in [1.82, 2.24) is 5.32 Å². The molecule has 1 saturated carbocycles. The van der Waals surface area contributed by atoms with E-state index in [4.69, 9.17) is 4.74 Å². The van der Waals surface area contributed by atoms with E-state index in [9.17, 15) is 4.79 Å². The third-order valence-corrected chi connectivity index (χ3v) is 5.39. The molecular formula is C13H23NO2S. The van der Waals surface area contributed by atoms with Crippen molar-refractivity contribution in [2.24, 2.45) is 11.3 Å². The Bertz CT molecular complexity index is 260. The molecule has 1 heterocycles. The van der Waals surface area contributed by atoms with Gasteiger partial charge in [-0.15, -0.1) is 0 Å². The van der Waals surface area contributed by atoms with Gasteiger partial charge in [0.15, 0.2) is 0 Å². The first kappa shape index (κ1) is 13.2. The van der Waals surface area contributed by atoms with Crippen LogP contribution in [0.2, 0.25) is 0 Å². The Kier molecular flexibility index (Phi) is 4.74. The molecule has 0 amide bonds. The van der Waals surface area contributed by atoms with Crippen LogP contribution in [-0.2, 0) is 9.53 Å². The molecule has 0 aromatic heterocycles. The first-order chi connectivity index (χ1) is 8.24. The van der Waals surface area contributed by atoms with Crippen LogP contribution >= 0.6 is 11.8 Å². The maximum Gasteiger partial charge on any atom is 0.306 e. The lowest BCUT2D eigenvalue weighted by Crippen LogP contribution is -2.31. The second-order valence-corrected chi connectivity index (χ2v) is 6.51. The van der Waals surface area contributed by atoms with Crippen molar-refractivity contribution in [3.63, 3.8) is 0 Å². The lowest BCUT2D eigenvalue weighted by atomic mass is 10.0. The molecule has 0 spiro atoms. The van der Waals surface area contributed by atoms with Gasteiger partial charge < -0.3 is 10.1 Å². The summed E-state index contributed by atoms with van der Waals surface area (Å²) in [6.07, 6.45) is 5.72. The molecule has 98 valence electrons. The molecule has 1 saturated heterocycles. The number of rotatable bonds is 6. The first-order valence-corrected chi connectivity index (χ1v) is 7.75. The number of carbonyl (C=O) groups excluding carboxylic acids is 1. The van der Waals surface area contributed by atoms with Crippen LogP contribution in [0, 0.1) is 11.3 Å². The molecule has 0 aromatic rings. The summed E-state index contributed by atoms with van der Waals surface area (Å²) in [5.74, 6) is 3.18. The van der Waals surface area contributed by atoms with E-state index in [0.717, 1.165) is 11.7 Å². The van der Waals surface area contributed by atoms with Gasteiger partial charge in [-0.05, 0) is 61.6 Å². The highest BCUT2D eigenvalue weighted by Gasteiger charge is 2.44. The average molecular weight is 257 g/mol. The Balaban J connectivity index is 1.62. The number of methoxy groups -OCH3 is 1. The van der Waals surface area contributed by atoms with Gasteiger partial charge in [0.1, 0.15) is 0 Å². The summed E-state index contributed by atoms with van der Waals surface area (Å²) in [5.41, 5.74) is 0.292. The summed E-state index contributed by atoms with van der Waals surface area (Å²) >= 11 is 2.03. The zero-order valence-electron chi connectivity index (χ0n) is 10.7. The van der Waals surface area contributed by atoms with Crippen molar-refractivity contribution in [2.45, 2.75) is 32.1 Å². The van der Waals surface area contributed by atoms with Crippen LogP contribution in [0.3, 0.4) is 0 Å². The van der Waals surface area contributed by atoms with Crippen LogP contribution in [0.4, 0.5) is 0 Å². The number of hydrogen-bond donors (Lipinski definition) is 1. The molecular weight excluding hydrogens is 234 g/mol. The van der Waals surface area contributed by atoms with Crippen molar-refractivity contribution >= 4 is 17.7 Å². The van der Waals surface area contributed by atoms with Crippen molar-refractivity contribution in [2.75, 3.05) is 31.7 Å². The summed E-state index contributed by atoms with van der Waals surface area (Å²) in [4.78, 5) is 11.3. The molecule has 17 heavy (non-hydrogen) atoms. The third-order valence-electron chi connectivity index (χ3n) is 3.86. The molecule has 2 aliphatic rings. The standard InChI is InChI=1S/C13H23NO2S/c1-16-12(15)7-13(4-5-13)10-17-9-11-3-2-6-14-8-11/h11,14H,2-10H2,1H3. The second-order valence-electron chi connectivity index (χ2n) is 5.48. The van der Waals surface area contributed by atoms with Crippen molar-refractivity contribution in [3.05, 3.63) is 0 Å². The van der Waals surface area contributed by atoms with Crippen molar-refractivity contribution < 1.29 is 9.53 Å². The quantitative estimate of drug-likeness (QED) is 0.739. The van der Waals surface area contributed by atoms with Crippen LogP contribution in [0.25, 0.3) is 0 Å². The summed E-state index contributed by atoms with van der Waals surface area (Å²) in [7, 11) is 1.49. The van der Waals surface area contributed by atoms with Gasteiger partial charge in [-0.25, -0.2) is 0 Å². The van der Waals surface area contributed by atoms with Gasteiger partial charge in [0, 0.05) is 0 Å². The fraction of sp³-hybridized carbons (Fsp3) is 0.923. The minimum Gasteiger partial charge on any atom is -0.469 e. The number of carbonyl (C=O) groups is 1. The van der Waals surface area contributed by atoms with Crippen LogP contribution in [-0.4, -0.2) is 37.7 Å². The van der Waals surface area contributed by atoms with Gasteiger partial charge in [0.2, 0.25) is 0 Å². The SMILES string of the molecule is COC(=O)CC1(CSCC2CCCNC2)CC1. The van der Waals surface area contributed by atoms with Gasteiger partial charge in [0.05, 0.1) is 13.5 Å². The van der Waals surface area contributed by atoms with Crippen molar-refractivity contribution in [3.8, 4) is 0 Å². The molecule has 2 fully saturated rings. The lowest BCUT2D eigenvalue weighted by Gasteiger charge is -2.23. The fourth-order valence-electron chi connectivity index (χ4n) is 2.44. The normalized spacial score (nSPS) is 26.5. The van der Waals surface area contributed by atoms with Crippen LogP contribution in [0.1, 0.15) is 32.1 Å². The zero-order valence-corrected chi connectivity index (χ0v) is 11.5. The molecule has 3 nitrogen and oxygen atoms in total. The van der Waals surface area contributed by atoms with Gasteiger partial charge in [0.25, 0.3) is 0 Å². The molecule has 1 aliphatic heterocycles. The Morgan fingerprint density at radius 1 is 1.53 bits per heavy atom. The van der Waals surface area contributed by atoms with E-state index < -0.39 is 0 Å². The number of ether oxygens (including phenoxy) is 1. The van der Waals surface area contributed by atoms with Crippen LogP contribution < -0.4 is 5.32 Å². The number of hydrogen-bond acceptors (Lipinski definition) is 4. The fourth-order valence-corrected chi connectivity index (χ4v) is 4.00. The minimum absolute atomic E-state index is 0.0394. The monoisotopic (exact) mass is 257 g/mol. The molecule has 2 rings (SSSR count). The van der Waals surface area contributed by atoms with Crippen LogP contribution in [0.5, 0.6) is 0 Å². The summed E-state index contributed by atoms with van der Waals surface area (Å²) < 4.78 is 4.76. The first-order valence-electron chi connectivity index (χ1n) is 6.59. The van der Waals surface area contributed by atoms with E-state index in [1.165, 1.54) is 51.6 Å². The average Bonchev–Trinajstić information content (AvgIpc) is 3.10.